The van der Waals surface area contributed by atoms with E-state index >= 15 is 0 Å². The summed E-state index contributed by atoms with van der Waals surface area (Å²) in [7, 11) is -4.27. The van der Waals surface area contributed by atoms with Gasteiger partial charge in [-0.2, -0.15) is 17.9 Å². The highest BCUT2D eigenvalue weighted by atomic mass is 35.5. The number of sulfonamides is 1. The number of hydrogen-bond acceptors (Lipinski definition) is 3. The van der Waals surface area contributed by atoms with E-state index in [4.69, 9.17) is 5.11 Å². The van der Waals surface area contributed by atoms with Crippen LogP contribution in [0.4, 0.5) is 13.2 Å². The van der Waals surface area contributed by atoms with Gasteiger partial charge in [-0.15, -0.1) is 12.4 Å². The first-order valence-corrected chi connectivity index (χ1v) is 6.00. The molecule has 0 saturated heterocycles. The molecule has 0 unspecified atom stereocenters. The lowest BCUT2D eigenvalue weighted by Gasteiger charge is -2.09. The number of nitrogens with one attached hydrogen (secondary N) is 1. The summed E-state index contributed by atoms with van der Waals surface area (Å²) in [5.74, 6) is -1.44. The van der Waals surface area contributed by atoms with Gasteiger partial charge in [0.05, 0.1) is 10.5 Å². The largest absolute Gasteiger partial charge is 0.480 e. The van der Waals surface area contributed by atoms with Crippen molar-refractivity contribution in [2.24, 2.45) is 0 Å². The van der Waals surface area contributed by atoms with Gasteiger partial charge in [-0.25, -0.2) is 8.42 Å². The third-order valence-electron chi connectivity index (χ3n) is 1.89. The van der Waals surface area contributed by atoms with Crippen molar-refractivity contribution in [3.05, 3.63) is 29.8 Å². The highest BCUT2D eigenvalue weighted by molar-refractivity contribution is 7.89. The maximum atomic E-state index is 12.4. The molecule has 0 atom stereocenters. The van der Waals surface area contributed by atoms with Crippen molar-refractivity contribution in [2.45, 2.75) is 11.1 Å². The number of carbonyl (C=O) groups is 1. The number of halogens is 4. The van der Waals surface area contributed by atoms with Gasteiger partial charge in [-0.05, 0) is 18.2 Å². The molecule has 0 spiro atoms. The number of aliphatic carboxylic acids is 1. The quantitative estimate of drug-likeness (QED) is 0.880. The van der Waals surface area contributed by atoms with E-state index in [1.165, 1.54) is 0 Å². The van der Waals surface area contributed by atoms with Gasteiger partial charge in [-0.1, -0.05) is 6.07 Å². The molecular weight excluding hydrogens is 311 g/mol. The van der Waals surface area contributed by atoms with E-state index in [1.54, 1.807) is 4.72 Å². The molecular formula is C9H9ClF3NO4S. The number of alkyl halides is 3. The SMILES string of the molecule is Cl.O=C(O)CNS(=O)(=O)c1cccc(C(F)(F)F)c1. The Hall–Kier alpha value is -1.32. The van der Waals surface area contributed by atoms with E-state index in [2.05, 4.69) is 0 Å². The van der Waals surface area contributed by atoms with Gasteiger partial charge in [0, 0.05) is 0 Å². The van der Waals surface area contributed by atoms with Crippen molar-refractivity contribution in [1.29, 1.82) is 0 Å². The molecule has 0 fully saturated rings. The molecule has 0 aliphatic heterocycles. The Morgan fingerprint density at radius 1 is 1.32 bits per heavy atom. The van der Waals surface area contributed by atoms with E-state index in [-0.39, 0.29) is 12.4 Å². The van der Waals surface area contributed by atoms with E-state index in [9.17, 15) is 26.4 Å². The first-order chi connectivity index (χ1) is 8.13. The van der Waals surface area contributed by atoms with E-state index < -0.39 is 39.2 Å². The molecule has 0 amide bonds. The highest BCUT2D eigenvalue weighted by Crippen LogP contribution is 2.30. The third kappa shape index (κ3) is 5.05. The van der Waals surface area contributed by atoms with Crippen LogP contribution in [0.25, 0.3) is 0 Å². The van der Waals surface area contributed by atoms with Gasteiger partial charge in [-0.3, -0.25) is 4.79 Å². The van der Waals surface area contributed by atoms with Gasteiger partial charge in [0.15, 0.2) is 0 Å². The van der Waals surface area contributed by atoms with Crippen LogP contribution in [0, 0.1) is 0 Å². The van der Waals surface area contributed by atoms with Crippen molar-refractivity contribution in [1.82, 2.24) is 4.72 Å². The Morgan fingerprint density at radius 2 is 1.89 bits per heavy atom. The lowest BCUT2D eigenvalue weighted by atomic mass is 10.2. The lowest BCUT2D eigenvalue weighted by molar-refractivity contribution is -0.138. The molecule has 1 aromatic carbocycles. The smallest absolute Gasteiger partial charge is 0.416 e. The molecule has 0 aliphatic rings. The summed E-state index contributed by atoms with van der Waals surface area (Å²) in [5, 5.41) is 8.30. The predicted octanol–water partition coefficient (Wildman–Crippen LogP) is 1.49. The van der Waals surface area contributed by atoms with Crippen LogP contribution in [0.5, 0.6) is 0 Å². The zero-order valence-electron chi connectivity index (χ0n) is 9.14. The van der Waals surface area contributed by atoms with Crippen LogP contribution in [0.3, 0.4) is 0 Å². The zero-order valence-corrected chi connectivity index (χ0v) is 10.8. The van der Waals surface area contributed by atoms with Crippen LogP contribution < -0.4 is 4.72 Å². The first-order valence-electron chi connectivity index (χ1n) is 4.51. The molecule has 1 rings (SSSR count). The summed E-state index contributed by atoms with van der Waals surface area (Å²) in [6, 6.07) is 3.03. The number of benzene rings is 1. The average molecular weight is 320 g/mol. The van der Waals surface area contributed by atoms with Crippen LogP contribution in [0.15, 0.2) is 29.2 Å². The van der Waals surface area contributed by atoms with Crippen molar-refractivity contribution in [2.75, 3.05) is 6.54 Å². The van der Waals surface area contributed by atoms with E-state index in [0.717, 1.165) is 18.2 Å². The number of hydrogen-bond donors (Lipinski definition) is 2. The second-order valence-corrected chi connectivity index (χ2v) is 5.01. The van der Waals surface area contributed by atoms with Crippen LogP contribution >= 0.6 is 12.4 Å². The molecule has 0 bridgehead atoms. The van der Waals surface area contributed by atoms with Gasteiger partial charge >= 0.3 is 12.1 Å². The van der Waals surface area contributed by atoms with Crippen molar-refractivity contribution in [3.8, 4) is 0 Å². The second kappa shape index (κ2) is 6.22. The van der Waals surface area contributed by atoms with Crippen LogP contribution in [-0.2, 0) is 21.0 Å². The molecule has 19 heavy (non-hydrogen) atoms. The maximum absolute atomic E-state index is 12.4. The van der Waals surface area contributed by atoms with Crippen LogP contribution in [0.2, 0.25) is 0 Å². The zero-order chi connectivity index (χ0) is 14.0. The van der Waals surface area contributed by atoms with Crippen LogP contribution in [0.1, 0.15) is 5.56 Å². The average Bonchev–Trinajstić information content (AvgIpc) is 2.26. The summed E-state index contributed by atoms with van der Waals surface area (Å²) in [6.45, 7) is -0.904. The summed E-state index contributed by atoms with van der Waals surface area (Å²) in [5.41, 5.74) is -1.12. The monoisotopic (exact) mass is 319 g/mol. The number of carboxylic acid groups (broad SMARTS) is 1. The van der Waals surface area contributed by atoms with Crippen molar-refractivity contribution in [3.63, 3.8) is 0 Å². The topological polar surface area (TPSA) is 83.5 Å². The predicted molar refractivity (Wildman–Crippen MR) is 61.5 cm³/mol. The Kier molecular flexibility index (Phi) is 5.79. The summed E-state index contributed by atoms with van der Waals surface area (Å²) in [4.78, 5) is 9.56. The Morgan fingerprint density at radius 3 is 2.37 bits per heavy atom. The van der Waals surface area contributed by atoms with Crippen LogP contribution in [-0.4, -0.2) is 26.0 Å². The number of rotatable bonds is 4. The summed E-state index contributed by atoms with van der Waals surface area (Å²) < 4.78 is 61.7. The molecule has 0 radical (unpaired) electrons. The summed E-state index contributed by atoms with van der Waals surface area (Å²) >= 11 is 0. The number of carboxylic acids is 1. The normalized spacial score (nSPS) is 11.7. The van der Waals surface area contributed by atoms with E-state index in [1.807, 2.05) is 0 Å². The van der Waals surface area contributed by atoms with Crippen molar-refractivity contribution < 1.29 is 31.5 Å². The fourth-order valence-corrected chi connectivity index (χ4v) is 2.10. The molecule has 108 valence electrons. The molecule has 10 heteroatoms. The minimum atomic E-state index is -4.67. The molecule has 5 nitrogen and oxygen atoms in total. The Labute approximate surface area is 112 Å². The van der Waals surface area contributed by atoms with E-state index in [0.29, 0.717) is 6.07 Å². The highest BCUT2D eigenvalue weighted by Gasteiger charge is 2.31. The second-order valence-electron chi connectivity index (χ2n) is 3.24. The standard InChI is InChI=1S/C9H8F3NO4S.ClH/c10-9(11,12)6-2-1-3-7(4-6)18(16,17)13-5-8(14)15;/h1-4,13H,5H2,(H,14,15);1H. The van der Waals surface area contributed by atoms with Gasteiger partial charge in [0.25, 0.3) is 0 Å². The molecule has 0 aliphatic carbocycles. The first kappa shape index (κ1) is 17.7. The lowest BCUT2D eigenvalue weighted by Crippen LogP contribution is -2.29. The summed E-state index contributed by atoms with van der Waals surface area (Å²) in [6.07, 6.45) is -4.67. The van der Waals surface area contributed by atoms with Gasteiger partial charge < -0.3 is 5.11 Å². The molecule has 0 aromatic heterocycles. The minimum Gasteiger partial charge on any atom is -0.480 e. The molecule has 0 heterocycles. The molecule has 0 saturated carbocycles. The van der Waals surface area contributed by atoms with Gasteiger partial charge in [0.2, 0.25) is 10.0 Å². The fraction of sp³-hybridized carbons (Fsp3) is 0.222. The maximum Gasteiger partial charge on any atom is 0.416 e. The third-order valence-corrected chi connectivity index (χ3v) is 3.28. The fourth-order valence-electron chi connectivity index (χ4n) is 1.08. The van der Waals surface area contributed by atoms with Crippen molar-refractivity contribution >= 4 is 28.4 Å². The van der Waals surface area contributed by atoms with Gasteiger partial charge in [0.1, 0.15) is 6.54 Å². The Balaban J connectivity index is 0.00000324. The Bertz CT molecular complexity index is 559. The molecule has 1 aromatic rings. The molecule has 2 N–H and O–H groups in total. The minimum absolute atomic E-state index is 0.